The zero-order chi connectivity index (χ0) is 15.4. The largest absolute Gasteiger partial charge is 0.378 e. The number of anilines is 1. The lowest BCUT2D eigenvalue weighted by Crippen LogP contribution is -2.83. The number of nitrogens with one attached hydrogen (secondary N) is 1. The second kappa shape index (κ2) is 6.67. The fourth-order valence-electron chi connectivity index (χ4n) is 2.79. The van der Waals surface area contributed by atoms with E-state index >= 15 is 0 Å². The van der Waals surface area contributed by atoms with E-state index in [0.717, 1.165) is 19.5 Å². The Balaban J connectivity index is 1.51. The summed E-state index contributed by atoms with van der Waals surface area (Å²) in [6.45, 7) is 2.15. The molecule has 0 aliphatic carbocycles. The average molecular weight is 294 g/mol. The fraction of sp³-hybridized carbons (Fsp3) is 0.263. The summed E-state index contributed by atoms with van der Waals surface area (Å²) in [7, 11) is 4.14. The van der Waals surface area contributed by atoms with Crippen LogP contribution in [0.25, 0.3) is 10.9 Å². The highest BCUT2D eigenvalue weighted by Gasteiger charge is 2.04. The van der Waals surface area contributed by atoms with Gasteiger partial charge in [0.2, 0.25) is 0 Å². The van der Waals surface area contributed by atoms with Crippen LogP contribution in [0.4, 0.5) is 5.69 Å². The molecule has 0 bridgehead atoms. The molecule has 0 fully saturated rings. The van der Waals surface area contributed by atoms with Crippen molar-refractivity contribution in [2.75, 3.05) is 25.5 Å². The van der Waals surface area contributed by atoms with Gasteiger partial charge in [0.15, 0.2) is 0 Å². The Kier molecular flexibility index (Phi) is 4.45. The fourth-order valence-corrected chi connectivity index (χ4v) is 2.79. The van der Waals surface area contributed by atoms with Gasteiger partial charge in [-0.1, -0.05) is 30.3 Å². The molecule has 1 aromatic heterocycles. The van der Waals surface area contributed by atoms with E-state index in [2.05, 4.69) is 84.0 Å². The highest BCUT2D eigenvalue weighted by Crippen LogP contribution is 2.17. The summed E-state index contributed by atoms with van der Waals surface area (Å²) < 4.78 is 0. The monoisotopic (exact) mass is 294 g/mol. The third kappa shape index (κ3) is 3.31. The molecule has 22 heavy (non-hydrogen) atoms. The normalized spacial score (nSPS) is 11.0. The first-order chi connectivity index (χ1) is 10.7. The smallest absolute Gasteiger partial charge is 0.101 e. The lowest BCUT2D eigenvalue weighted by Gasteiger charge is -2.12. The second-order valence-corrected chi connectivity index (χ2v) is 5.95. The Bertz CT molecular complexity index is 726. The summed E-state index contributed by atoms with van der Waals surface area (Å²) in [5.74, 6) is 0. The number of nitrogens with two attached hydrogens (primary N) is 1. The van der Waals surface area contributed by atoms with E-state index in [-0.39, 0.29) is 0 Å². The topological polar surface area (TPSA) is 35.6 Å². The number of quaternary nitrogens is 1. The van der Waals surface area contributed by atoms with Crippen LogP contribution in [-0.2, 0) is 13.0 Å². The first kappa shape index (κ1) is 14.7. The Hall–Kier alpha value is -2.26. The van der Waals surface area contributed by atoms with Crippen molar-refractivity contribution in [3.63, 3.8) is 0 Å². The standard InChI is InChI=1S/C19H23N3/c1-22(2)17-9-7-15(8-10-17)13-20-12-11-16-14-21-19-6-4-3-5-18(16)19/h3-10,14,20-21H,11-13H2,1-2H3/p+1. The Morgan fingerprint density at radius 1 is 1.00 bits per heavy atom. The summed E-state index contributed by atoms with van der Waals surface area (Å²) in [4.78, 5) is 5.47. The third-order valence-corrected chi connectivity index (χ3v) is 4.13. The van der Waals surface area contributed by atoms with Crippen LogP contribution in [0.15, 0.2) is 54.7 Å². The summed E-state index contributed by atoms with van der Waals surface area (Å²) in [6.07, 6.45) is 3.24. The number of rotatable bonds is 6. The summed E-state index contributed by atoms with van der Waals surface area (Å²) in [5.41, 5.74) is 5.28. The first-order valence-electron chi connectivity index (χ1n) is 7.87. The molecule has 114 valence electrons. The molecule has 3 aromatic rings. The molecule has 0 saturated carbocycles. The number of aromatic amines is 1. The number of fused-ring (bicyclic) bond motifs is 1. The number of aromatic nitrogens is 1. The average Bonchev–Trinajstić information content (AvgIpc) is 2.95. The van der Waals surface area contributed by atoms with Crippen molar-refractivity contribution < 1.29 is 5.32 Å². The van der Waals surface area contributed by atoms with Crippen molar-refractivity contribution in [2.24, 2.45) is 0 Å². The minimum Gasteiger partial charge on any atom is -0.378 e. The van der Waals surface area contributed by atoms with Gasteiger partial charge in [-0.05, 0) is 23.8 Å². The molecule has 0 saturated heterocycles. The van der Waals surface area contributed by atoms with E-state index in [1.54, 1.807) is 0 Å². The van der Waals surface area contributed by atoms with Gasteiger partial charge < -0.3 is 15.2 Å². The summed E-state index contributed by atoms with van der Waals surface area (Å²) >= 11 is 0. The molecule has 0 aliphatic rings. The van der Waals surface area contributed by atoms with Crippen LogP contribution in [-0.4, -0.2) is 25.6 Å². The maximum absolute atomic E-state index is 3.35. The number of nitrogens with zero attached hydrogens (tertiary/aromatic N) is 1. The van der Waals surface area contributed by atoms with Crippen LogP contribution in [0.5, 0.6) is 0 Å². The predicted molar refractivity (Wildman–Crippen MR) is 93.3 cm³/mol. The van der Waals surface area contributed by atoms with Crippen molar-refractivity contribution in [1.82, 2.24) is 4.98 Å². The van der Waals surface area contributed by atoms with Crippen LogP contribution in [0.2, 0.25) is 0 Å². The van der Waals surface area contributed by atoms with E-state index in [0.29, 0.717) is 0 Å². The van der Waals surface area contributed by atoms with Crippen molar-refractivity contribution in [1.29, 1.82) is 0 Å². The molecule has 0 spiro atoms. The van der Waals surface area contributed by atoms with Gasteiger partial charge in [-0.15, -0.1) is 0 Å². The van der Waals surface area contributed by atoms with Gasteiger partial charge in [0.1, 0.15) is 6.54 Å². The lowest BCUT2D eigenvalue weighted by molar-refractivity contribution is -0.670. The molecule has 1 heterocycles. The number of hydrogen-bond acceptors (Lipinski definition) is 1. The molecule has 3 N–H and O–H groups in total. The zero-order valence-corrected chi connectivity index (χ0v) is 13.3. The van der Waals surface area contributed by atoms with Gasteiger partial charge in [-0.3, -0.25) is 0 Å². The number of para-hydroxylation sites is 1. The number of H-pyrrole nitrogens is 1. The van der Waals surface area contributed by atoms with Gasteiger partial charge in [0.25, 0.3) is 0 Å². The highest BCUT2D eigenvalue weighted by atomic mass is 15.1. The van der Waals surface area contributed by atoms with Crippen LogP contribution >= 0.6 is 0 Å². The van der Waals surface area contributed by atoms with Crippen molar-refractivity contribution in [2.45, 2.75) is 13.0 Å². The molecule has 0 aliphatic heterocycles. The first-order valence-corrected chi connectivity index (χ1v) is 7.87. The molecule has 0 atom stereocenters. The minimum atomic E-state index is 1.04. The highest BCUT2D eigenvalue weighted by molar-refractivity contribution is 5.82. The van der Waals surface area contributed by atoms with Gasteiger partial charge in [-0.2, -0.15) is 0 Å². The SMILES string of the molecule is CN(C)c1ccc(C[NH2+]CCc2c[nH]c3ccccc23)cc1. The maximum atomic E-state index is 3.35. The minimum absolute atomic E-state index is 1.04. The van der Waals surface area contributed by atoms with Crippen LogP contribution in [0, 0.1) is 0 Å². The van der Waals surface area contributed by atoms with Gasteiger partial charge in [0.05, 0.1) is 6.54 Å². The van der Waals surface area contributed by atoms with Gasteiger partial charge >= 0.3 is 0 Å². The Morgan fingerprint density at radius 2 is 1.77 bits per heavy atom. The molecular weight excluding hydrogens is 270 g/mol. The quantitative estimate of drug-likeness (QED) is 0.673. The van der Waals surface area contributed by atoms with Crippen molar-refractivity contribution in [3.8, 4) is 0 Å². The van der Waals surface area contributed by atoms with Crippen molar-refractivity contribution >= 4 is 16.6 Å². The van der Waals surface area contributed by atoms with Crippen LogP contribution in [0.3, 0.4) is 0 Å². The van der Waals surface area contributed by atoms with E-state index in [4.69, 9.17) is 0 Å². The third-order valence-electron chi connectivity index (χ3n) is 4.13. The van der Waals surface area contributed by atoms with Crippen molar-refractivity contribution in [3.05, 3.63) is 65.9 Å². The predicted octanol–water partition coefficient (Wildman–Crippen LogP) is 2.54. The van der Waals surface area contributed by atoms with E-state index in [1.807, 2.05) is 0 Å². The molecule has 0 amide bonds. The maximum Gasteiger partial charge on any atom is 0.101 e. The van der Waals surface area contributed by atoms with Crippen LogP contribution < -0.4 is 10.2 Å². The lowest BCUT2D eigenvalue weighted by atomic mass is 10.1. The summed E-state index contributed by atoms with van der Waals surface area (Å²) in [6, 6.07) is 17.3. The molecule has 3 nitrogen and oxygen atoms in total. The molecule has 3 rings (SSSR count). The van der Waals surface area contributed by atoms with Gasteiger partial charge in [0, 0.05) is 48.9 Å². The molecule has 3 heteroatoms. The molecule has 0 radical (unpaired) electrons. The Morgan fingerprint density at radius 3 is 2.55 bits per heavy atom. The van der Waals surface area contributed by atoms with E-state index < -0.39 is 0 Å². The van der Waals surface area contributed by atoms with Crippen LogP contribution in [0.1, 0.15) is 11.1 Å². The number of hydrogen-bond donors (Lipinski definition) is 2. The molecule has 0 unspecified atom stereocenters. The summed E-state index contributed by atoms with van der Waals surface area (Å²) in [5, 5.41) is 3.73. The molecule has 2 aromatic carbocycles. The second-order valence-electron chi connectivity index (χ2n) is 5.95. The van der Waals surface area contributed by atoms with E-state index in [9.17, 15) is 0 Å². The van der Waals surface area contributed by atoms with E-state index in [1.165, 1.54) is 27.7 Å². The number of benzene rings is 2. The van der Waals surface area contributed by atoms with Gasteiger partial charge in [-0.25, -0.2) is 0 Å². The Labute approximate surface area is 132 Å². The molecular formula is C19H24N3+. The zero-order valence-electron chi connectivity index (χ0n) is 13.3.